The lowest BCUT2D eigenvalue weighted by Gasteiger charge is -2.33. The van der Waals surface area contributed by atoms with Gasteiger partial charge in [0.25, 0.3) is 0 Å². The van der Waals surface area contributed by atoms with Crippen molar-refractivity contribution in [2.24, 2.45) is 12.5 Å². The zero-order chi connectivity index (χ0) is 21.1. The Labute approximate surface area is 174 Å². The highest BCUT2D eigenvalue weighted by Gasteiger charge is 2.75. The van der Waals surface area contributed by atoms with E-state index in [1.165, 1.54) is 7.11 Å². The first kappa shape index (κ1) is 18.9. The van der Waals surface area contributed by atoms with E-state index in [1.807, 2.05) is 72.4 Å². The van der Waals surface area contributed by atoms with Gasteiger partial charge in [-0.1, -0.05) is 48.5 Å². The van der Waals surface area contributed by atoms with Gasteiger partial charge in [-0.3, -0.25) is 14.9 Å². The van der Waals surface area contributed by atoms with Gasteiger partial charge in [-0.25, -0.2) is 0 Å². The van der Waals surface area contributed by atoms with E-state index in [2.05, 4.69) is 0 Å². The van der Waals surface area contributed by atoms with Crippen LogP contribution in [0.4, 0.5) is 0 Å². The number of carbonyl (C=O) groups is 1. The molecule has 6 nitrogen and oxygen atoms in total. The largest absolute Gasteiger partial charge is 0.468 e. The third kappa shape index (κ3) is 2.39. The van der Waals surface area contributed by atoms with Gasteiger partial charge in [0, 0.05) is 34.5 Å². The number of benzene rings is 2. The van der Waals surface area contributed by atoms with E-state index in [4.69, 9.17) is 4.74 Å². The molecule has 1 aromatic heterocycles. The van der Waals surface area contributed by atoms with Crippen LogP contribution >= 0.6 is 0 Å². The summed E-state index contributed by atoms with van der Waals surface area (Å²) in [6.07, 6.45) is 3.95. The molecule has 0 aliphatic heterocycles. The van der Waals surface area contributed by atoms with Crippen LogP contribution in [-0.2, 0) is 22.0 Å². The third-order valence-electron chi connectivity index (χ3n) is 7.33. The number of nitrogens with zero attached hydrogens (tertiary/aromatic N) is 2. The minimum absolute atomic E-state index is 0.146. The molecule has 0 amide bonds. The molecule has 154 valence electrons. The maximum absolute atomic E-state index is 13.5. The SMILES string of the molecule is COC(=O)[C@]1(c2ccccc2)CC2(CC2)[C@H]([N+](=O)[O-])[C@H]1c1cn(C)c2ccccc12. The summed E-state index contributed by atoms with van der Waals surface area (Å²) in [5, 5.41) is 13.4. The number of aromatic nitrogens is 1. The predicted octanol–water partition coefficient (Wildman–Crippen LogP) is 4.20. The van der Waals surface area contributed by atoms with Crippen LogP contribution in [0.5, 0.6) is 0 Å². The molecule has 1 heterocycles. The minimum Gasteiger partial charge on any atom is -0.468 e. The zero-order valence-corrected chi connectivity index (χ0v) is 17.1. The molecule has 0 N–H and O–H groups in total. The second kappa shape index (κ2) is 6.42. The van der Waals surface area contributed by atoms with Crippen molar-refractivity contribution >= 4 is 16.9 Å². The summed E-state index contributed by atoms with van der Waals surface area (Å²) >= 11 is 0. The van der Waals surface area contributed by atoms with Crippen molar-refractivity contribution in [1.29, 1.82) is 0 Å². The predicted molar refractivity (Wildman–Crippen MR) is 113 cm³/mol. The molecule has 3 aromatic rings. The van der Waals surface area contributed by atoms with E-state index >= 15 is 0 Å². The fraction of sp³-hybridized carbons (Fsp3) is 0.375. The van der Waals surface area contributed by atoms with E-state index in [0.717, 1.165) is 34.9 Å². The number of esters is 1. The number of hydrogen-bond donors (Lipinski definition) is 0. The number of carbonyl (C=O) groups excluding carboxylic acids is 1. The molecule has 2 aliphatic carbocycles. The van der Waals surface area contributed by atoms with Gasteiger partial charge < -0.3 is 9.30 Å². The van der Waals surface area contributed by atoms with Gasteiger partial charge in [-0.2, -0.15) is 0 Å². The number of ether oxygens (including phenoxy) is 1. The van der Waals surface area contributed by atoms with Crippen LogP contribution < -0.4 is 0 Å². The molecular formula is C24H24N2O4. The quantitative estimate of drug-likeness (QED) is 0.371. The maximum atomic E-state index is 13.5. The molecule has 6 heteroatoms. The number of hydrogen-bond acceptors (Lipinski definition) is 4. The molecule has 2 saturated carbocycles. The van der Waals surface area contributed by atoms with E-state index in [0.29, 0.717) is 6.42 Å². The Kier molecular flexibility index (Phi) is 4.04. The van der Waals surface area contributed by atoms with Gasteiger partial charge in [-0.15, -0.1) is 0 Å². The highest BCUT2D eigenvalue weighted by molar-refractivity contribution is 5.90. The standard InChI is InChI=1S/C24H24N2O4/c1-25-14-18(17-10-6-7-11-19(17)25)20-21(26(28)29)23(12-13-23)15-24(20,22(27)30-2)16-8-4-3-5-9-16/h3-11,14,20-21H,12-13,15H2,1-2H3/t20-,21-,24+/m1/s1. The Hall–Kier alpha value is -3.15. The maximum Gasteiger partial charge on any atom is 0.317 e. The molecule has 5 rings (SSSR count). The van der Waals surface area contributed by atoms with E-state index in [9.17, 15) is 14.9 Å². The lowest BCUT2D eigenvalue weighted by Crippen LogP contribution is -2.43. The van der Waals surface area contributed by atoms with Gasteiger partial charge >= 0.3 is 5.97 Å². The summed E-state index contributed by atoms with van der Waals surface area (Å²) in [4.78, 5) is 25.8. The van der Waals surface area contributed by atoms with Crippen molar-refractivity contribution in [2.45, 2.75) is 36.6 Å². The lowest BCUT2D eigenvalue weighted by atomic mass is 9.68. The lowest BCUT2D eigenvalue weighted by molar-refractivity contribution is -0.535. The molecule has 0 radical (unpaired) electrons. The highest BCUT2D eigenvalue weighted by atomic mass is 16.6. The molecular weight excluding hydrogens is 380 g/mol. The Balaban J connectivity index is 1.85. The monoisotopic (exact) mass is 404 g/mol. The van der Waals surface area contributed by atoms with Crippen molar-refractivity contribution in [3.8, 4) is 0 Å². The Bertz CT molecular complexity index is 1150. The van der Waals surface area contributed by atoms with E-state index in [-0.39, 0.29) is 10.9 Å². The summed E-state index contributed by atoms with van der Waals surface area (Å²) in [7, 11) is 3.32. The van der Waals surface area contributed by atoms with Gasteiger partial charge in [0.1, 0.15) is 5.41 Å². The molecule has 0 bridgehead atoms. The van der Waals surface area contributed by atoms with Crippen LogP contribution in [-0.4, -0.2) is 28.6 Å². The number of para-hydroxylation sites is 1. The first-order chi connectivity index (χ1) is 14.4. The van der Waals surface area contributed by atoms with Crippen LogP contribution in [0.1, 0.15) is 36.3 Å². The van der Waals surface area contributed by atoms with Crippen LogP contribution in [0, 0.1) is 15.5 Å². The minimum atomic E-state index is -1.09. The normalized spacial score (nSPS) is 26.7. The van der Waals surface area contributed by atoms with Crippen molar-refractivity contribution in [2.75, 3.05) is 7.11 Å². The van der Waals surface area contributed by atoms with Crippen LogP contribution in [0.15, 0.2) is 60.8 Å². The topological polar surface area (TPSA) is 74.4 Å². The average molecular weight is 404 g/mol. The number of methoxy groups -OCH3 is 1. The summed E-state index contributed by atoms with van der Waals surface area (Å²) in [6.45, 7) is 0. The Morgan fingerprint density at radius 1 is 1.13 bits per heavy atom. The fourth-order valence-corrected chi connectivity index (χ4v) is 5.94. The Morgan fingerprint density at radius 2 is 1.80 bits per heavy atom. The summed E-state index contributed by atoms with van der Waals surface area (Å²) in [6, 6.07) is 16.6. The number of nitro groups is 1. The Morgan fingerprint density at radius 3 is 2.43 bits per heavy atom. The molecule has 2 fully saturated rings. The third-order valence-corrected chi connectivity index (χ3v) is 7.33. The van der Waals surface area contributed by atoms with Crippen molar-refractivity contribution in [1.82, 2.24) is 4.57 Å². The second-order valence-electron chi connectivity index (χ2n) is 8.79. The zero-order valence-electron chi connectivity index (χ0n) is 17.1. The molecule has 3 atom stereocenters. The van der Waals surface area contributed by atoms with Gasteiger partial charge in [0.05, 0.1) is 13.0 Å². The summed E-state index contributed by atoms with van der Waals surface area (Å²) in [5.74, 6) is -0.988. The fourth-order valence-electron chi connectivity index (χ4n) is 5.94. The van der Waals surface area contributed by atoms with Crippen molar-refractivity contribution in [3.63, 3.8) is 0 Å². The van der Waals surface area contributed by atoms with Gasteiger partial charge in [0.15, 0.2) is 0 Å². The molecule has 2 aromatic carbocycles. The molecule has 1 spiro atoms. The number of fused-ring (bicyclic) bond motifs is 1. The second-order valence-corrected chi connectivity index (χ2v) is 8.79. The summed E-state index contributed by atoms with van der Waals surface area (Å²) < 4.78 is 7.34. The first-order valence-electron chi connectivity index (χ1n) is 10.3. The van der Waals surface area contributed by atoms with E-state index < -0.39 is 22.8 Å². The smallest absolute Gasteiger partial charge is 0.317 e. The van der Waals surface area contributed by atoms with E-state index in [1.54, 1.807) is 0 Å². The van der Waals surface area contributed by atoms with Crippen LogP contribution in [0.2, 0.25) is 0 Å². The molecule has 0 unspecified atom stereocenters. The molecule has 2 aliphatic rings. The summed E-state index contributed by atoms with van der Waals surface area (Å²) in [5.41, 5.74) is 1.10. The number of rotatable bonds is 4. The molecule has 30 heavy (non-hydrogen) atoms. The first-order valence-corrected chi connectivity index (χ1v) is 10.3. The molecule has 0 saturated heterocycles. The van der Waals surface area contributed by atoms with Gasteiger partial charge in [-0.05, 0) is 36.5 Å². The van der Waals surface area contributed by atoms with Crippen molar-refractivity contribution < 1.29 is 14.5 Å². The van der Waals surface area contributed by atoms with Crippen LogP contribution in [0.3, 0.4) is 0 Å². The van der Waals surface area contributed by atoms with Crippen molar-refractivity contribution in [3.05, 3.63) is 82.0 Å². The van der Waals surface area contributed by atoms with Gasteiger partial charge in [0.2, 0.25) is 6.04 Å². The average Bonchev–Trinajstić information content (AvgIpc) is 3.35. The number of aryl methyl sites for hydroxylation is 1. The van der Waals surface area contributed by atoms with Crippen LogP contribution in [0.25, 0.3) is 10.9 Å². The highest BCUT2D eigenvalue weighted by Crippen LogP contribution is 2.70.